The van der Waals surface area contributed by atoms with E-state index in [9.17, 15) is 0 Å². The lowest BCUT2D eigenvalue weighted by molar-refractivity contribution is 0.405. The fourth-order valence-corrected chi connectivity index (χ4v) is 2.15. The summed E-state index contributed by atoms with van der Waals surface area (Å²) in [5.74, 6) is 2.75. The van der Waals surface area contributed by atoms with Crippen LogP contribution in [0.5, 0.6) is 11.5 Å². The van der Waals surface area contributed by atoms with Gasteiger partial charge in [0.25, 0.3) is 0 Å². The second-order valence-electron chi connectivity index (χ2n) is 5.64. The maximum atomic E-state index is 5.39. The van der Waals surface area contributed by atoms with Crippen molar-refractivity contribution in [3.05, 3.63) is 30.0 Å². The van der Waals surface area contributed by atoms with Gasteiger partial charge in [0.15, 0.2) is 0 Å². The van der Waals surface area contributed by atoms with E-state index in [1.807, 2.05) is 45.3 Å². The zero-order chi connectivity index (χ0) is 17.5. The van der Waals surface area contributed by atoms with Crippen LogP contribution in [0.1, 0.15) is 5.69 Å². The highest BCUT2D eigenvalue weighted by molar-refractivity contribution is 5.66. The molecule has 1 aromatic heterocycles. The van der Waals surface area contributed by atoms with Crippen molar-refractivity contribution in [2.45, 2.75) is 6.92 Å². The Hall–Kier alpha value is -2.54. The summed E-state index contributed by atoms with van der Waals surface area (Å²) in [4.78, 5) is 11.0. The van der Waals surface area contributed by atoms with Crippen LogP contribution in [0.15, 0.2) is 24.3 Å². The van der Waals surface area contributed by atoms with Crippen molar-refractivity contribution in [1.82, 2.24) is 14.9 Å². The number of hydrogen-bond acceptors (Lipinski definition) is 7. The van der Waals surface area contributed by atoms with Crippen LogP contribution >= 0.6 is 0 Å². The first kappa shape index (κ1) is 17.8. The number of benzene rings is 1. The molecular formula is C17H25N5O2. The third kappa shape index (κ3) is 4.99. The van der Waals surface area contributed by atoms with Gasteiger partial charge in [-0.1, -0.05) is 0 Å². The van der Waals surface area contributed by atoms with Gasteiger partial charge in [-0.25, -0.2) is 4.98 Å². The van der Waals surface area contributed by atoms with E-state index in [2.05, 4.69) is 25.5 Å². The average Bonchev–Trinajstić information content (AvgIpc) is 2.54. The predicted octanol–water partition coefficient (Wildman–Crippen LogP) is 2.52. The van der Waals surface area contributed by atoms with Crippen molar-refractivity contribution in [1.29, 1.82) is 0 Å². The van der Waals surface area contributed by atoms with Crippen molar-refractivity contribution in [3.63, 3.8) is 0 Å². The van der Waals surface area contributed by atoms with Crippen LogP contribution in [0.2, 0.25) is 0 Å². The van der Waals surface area contributed by atoms with E-state index in [1.165, 1.54) is 0 Å². The molecule has 1 heterocycles. The molecule has 0 aliphatic rings. The zero-order valence-corrected chi connectivity index (χ0v) is 14.9. The van der Waals surface area contributed by atoms with E-state index < -0.39 is 0 Å². The van der Waals surface area contributed by atoms with Gasteiger partial charge in [0.1, 0.15) is 17.3 Å². The number of anilines is 3. The molecule has 0 saturated heterocycles. The van der Waals surface area contributed by atoms with E-state index in [0.29, 0.717) is 17.5 Å². The maximum absolute atomic E-state index is 5.39. The molecule has 0 aliphatic carbocycles. The minimum absolute atomic E-state index is 0.598. The number of ether oxygens (including phenoxy) is 2. The molecule has 0 spiro atoms. The monoisotopic (exact) mass is 331 g/mol. The number of methoxy groups -OCH3 is 2. The fourth-order valence-electron chi connectivity index (χ4n) is 2.15. The minimum atomic E-state index is 0.598. The lowest BCUT2D eigenvalue weighted by Gasteiger charge is -2.14. The summed E-state index contributed by atoms with van der Waals surface area (Å²) in [6, 6.07) is 7.46. The van der Waals surface area contributed by atoms with Crippen LogP contribution in [0.4, 0.5) is 17.5 Å². The summed E-state index contributed by atoms with van der Waals surface area (Å²) in [5.41, 5.74) is 1.66. The third-order valence-corrected chi connectivity index (χ3v) is 3.37. The highest BCUT2D eigenvalue weighted by Gasteiger charge is 2.08. The molecule has 2 aromatic rings. The molecule has 130 valence electrons. The van der Waals surface area contributed by atoms with Crippen LogP contribution in [0, 0.1) is 6.92 Å². The highest BCUT2D eigenvalue weighted by atomic mass is 16.5. The highest BCUT2D eigenvalue weighted by Crippen LogP contribution is 2.31. The van der Waals surface area contributed by atoms with Crippen molar-refractivity contribution in [2.75, 3.05) is 52.0 Å². The Morgan fingerprint density at radius 3 is 2.54 bits per heavy atom. The lowest BCUT2D eigenvalue weighted by Crippen LogP contribution is -2.21. The third-order valence-electron chi connectivity index (χ3n) is 3.37. The van der Waals surface area contributed by atoms with Gasteiger partial charge in [0.2, 0.25) is 5.95 Å². The van der Waals surface area contributed by atoms with E-state index in [1.54, 1.807) is 14.2 Å². The smallest absolute Gasteiger partial charge is 0.224 e. The molecule has 1 aromatic carbocycles. The molecular weight excluding hydrogens is 306 g/mol. The molecule has 0 saturated carbocycles. The second kappa shape index (κ2) is 8.35. The Balaban J connectivity index is 2.18. The Labute approximate surface area is 143 Å². The minimum Gasteiger partial charge on any atom is -0.497 e. The van der Waals surface area contributed by atoms with Gasteiger partial charge in [-0.2, -0.15) is 4.98 Å². The molecule has 0 amide bonds. The maximum Gasteiger partial charge on any atom is 0.224 e. The molecule has 24 heavy (non-hydrogen) atoms. The Kier molecular flexibility index (Phi) is 6.20. The number of likely N-dealkylation sites (N-methyl/N-ethyl adjacent to an activating group) is 1. The molecule has 0 atom stereocenters. The zero-order valence-electron chi connectivity index (χ0n) is 14.9. The van der Waals surface area contributed by atoms with E-state index in [-0.39, 0.29) is 0 Å². The summed E-state index contributed by atoms with van der Waals surface area (Å²) in [5, 5.41) is 6.51. The molecule has 0 bridgehead atoms. The number of hydrogen-bond donors (Lipinski definition) is 2. The summed E-state index contributed by atoms with van der Waals surface area (Å²) in [6.07, 6.45) is 0. The van der Waals surface area contributed by atoms with Crippen molar-refractivity contribution >= 4 is 17.5 Å². The van der Waals surface area contributed by atoms with Gasteiger partial charge in [-0.05, 0) is 33.2 Å². The molecule has 0 unspecified atom stereocenters. The van der Waals surface area contributed by atoms with Crippen LogP contribution in [0.3, 0.4) is 0 Å². The van der Waals surface area contributed by atoms with Gasteiger partial charge in [0, 0.05) is 30.9 Å². The first-order valence-corrected chi connectivity index (χ1v) is 7.75. The van der Waals surface area contributed by atoms with Gasteiger partial charge in [-0.15, -0.1) is 0 Å². The van der Waals surface area contributed by atoms with E-state index >= 15 is 0 Å². The second-order valence-corrected chi connectivity index (χ2v) is 5.64. The molecule has 0 radical (unpaired) electrons. The predicted molar refractivity (Wildman–Crippen MR) is 96.6 cm³/mol. The summed E-state index contributed by atoms with van der Waals surface area (Å²) in [7, 11) is 7.32. The summed E-state index contributed by atoms with van der Waals surface area (Å²) in [6.45, 7) is 3.62. The normalized spacial score (nSPS) is 10.6. The van der Waals surface area contributed by atoms with Gasteiger partial charge >= 0.3 is 0 Å². The largest absolute Gasteiger partial charge is 0.497 e. The van der Waals surface area contributed by atoms with E-state index in [4.69, 9.17) is 9.47 Å². The van der Waals surface area contributed by atoms with Crippen LogP contribution in [0.25, 0.3) is 0 Å². The molecule has 0 aliphatic heterocycles. The van der Waals surface area contributed by atoms with Crippen molar-refractivity contribution in [3.8, 4) is 11.5 Å². The van der Waals surface area contributed by atoms with E-state index in [0.717, 1.165) is 30.2 Å². The number of nitrogens with zero attached hydrogens (tertiary/aromatic N) is 3. The first-order chi connectivity index (χ1) is 11.5. The van der Waals surface area contributed by atoms with Gasteiger partial charge in [0.05, 0.1) is 19.9 Å². The number of rotatable bonds is 8. The Bertz CT molecular complexity index is 676. The van der Waals surface area contributed by atoms with Gasteiger partial charge in [-0.3, -0.25) is 0 Å². The SMILES string of the molecule is COc1ccc(OC)c(Nc2cc(C)nc(NCCN(C)C)n2)c1. The van der Waals surface area contributed by atoms with Crippen LogP contribution < -0.4 is 20.1 Å². The number of aryl methyl sites for hydroxylation is 1. The first-order valence-electron chi connectivity index (χ1n) is 7.75. The van der Waals surface area contributed by atoms with Crippen LogP contribution in [-0.2, 0) is 0 Å². The van der Waals surface area contributed by atoms with Crippen molar-refractivity contribution in [2.24, 2.45) is 0 Å². The topological polar surface area (TPSA) is 71.5 Å². The van der Waals surface area contributed by atoms with Crippen LogP contribution in [-0.4, -0.2) is 56.3 Å². The average molecular weight is 331 g/mol. The fraction of sp³-hybridized carbons (Fsp3) is 0.412. The molecule has 0 fully saturated rings. The standard InChI is InChI=1S/C17H25N5O2/c1-12-10-16(21-17(19-12)18-8-9-22(2)3)20-14-11-13(23-4)6-7-15(14)24-5/h6-7,10-11H,8-9H2,1-5H3,(H2,18,19,20,21). The number of nitrogens with one attached hydrogen (secondary N) is 2. The Morgan fingerprint density at radius 2 is 1.88 bits per heavy atom. The summed E-state index contributed by atoms with van der Waals surface area (Å²) >= 11 is 0. The molecule has 7 heteroatoms. The lowest BCUT2D eigenvalue weighted by atomic mass is 10.2. The van der Waals surface area contributed by atoms with Gasteiger partial charge < -0.3 is 25.0 Å². The molecule has 7 nitrogen and oxygen atoms in total. The summed E-state index contributed by atoms with van der Waals surface area (Å²) < 4.78 is 10.7. The Morgan fingerprint density at radius 1 is 1.08 bits per heavy atom. The van der Waals surface area contributed by atoms with Crippen molar-refractivity contribution < 1.29 is 9.47 Å². The quantitative estimate of drug-likeness (QED) is 0.770. The molecule has 2 rings (SSSR count). The molecule has 2 N–H and O–H groups in total. The number of aromatic nitrogens is 2.